The van der Waals surface area contributed by atoms with Crippen LogP contribution in [0.2, 0.25) is 0 Å². The third kappa shape index (κ3) is 5.07. The molecule has 0 saturated heterocycles. The summed E-state index contributed by atoms with van der Waals surface area (Å²) in [5.41, 5.74) is 0. The van der Waals surface area contributed by atoms with E-state index >= 15 is 0 Å². The maximum atomic E-state index is 5.85. The van der Waals surface area contributed by atoms with Gasteiger partial charge in [-0.15, -0.1) is 0 Å². The highest BCUT2D eigenvalue weighted by Crippen LogP contribution is 2.06. The molecule has 0 fully saturated rings. The van der Waals surface area contributed by atoms with Gasteiger partial charge in [-0.25, -0.2) is 0 Å². The second-order valence-electron chi connectivity index (χ2n) is 2.53. The van der Waals surface area contributed by atoms with E-state index in [2.05, 4.69) is 19.9 Å². The number of halogens is 1. The van der Waals surface area contributed by atoms with Gasteiger partial charge in [0.1, 0.15) is 0 Å². The topological polar surface area (TPSA) is 0 Å². The van der Waals surface area contributed by atoms with Crippen LogP contribution in [-0.2, 0) is 0 Å². The predicted octanol–water partition coefficient (Wildman–Crippen LogP) is 2.79. The minimum absolute atomic E-state index is 0.370. The van der Waals surface area contributed by atoms with Gasteiger partial charge in [0.2, 0.25) is 0 Å². The highest BCUT2D eigenvalue weighted by molar-refractivity contribution is 6.97. The van der Waals surface area contributed by atoms with E-state index in [1.165, 1.54) is 25.7 Å². The van der Waals surface area contributed by atoms with Crippen LogP contribution in [0.5, 0.6) is 0 Å². The summed E-state index contributed by atoms with van der Waals surface area (Å²) in [6.45, 7) is 4.41. The van der Waals surface area contributed by atoms with Crippen molar-refractivity contribution >= 4 is 19.9 Å². The zero-order valence-electron chi connectivity index (χ0n) is 6.99. The number of rotatable bonds is 5. The van der Waals surface area contributed by atoms with E-state index in [4.69, 9.17) is 11.1 Å². The molecule has 0 aliphatic heterocycles. The molecule has 0 radical (unpaired) electrons. The van der Waals surface area contributed by atoms with Crippen LogP contribution >= 0.6 is 11.1 Å². The first-order chi connectivity index (χ1) is 4.85. The lowest BCUT2D eigenvalue weighted by atomic mass is 10.2. The molecule has 2 heteroatoms. The van der Waals surface area contributed by atoms with Crippen LogP contribution in [0, 0.1) is 0 Å². The standard InChI is InChI=1S/C8H17ClSi/c1-3-5-7-8(10-9)6-4-2/h7H,3-6,10H2,1-2H3. The Kier molecular flexibility index (Phi) is 7.54. The molecule has 0 aliphatic rings. The minimum Gasteiger partial charge on any atom is -0.170 e. The van der Waals surface area contributed by atoms with Crippen molar-refractivity contribution in [1.29, 1.82) is 0 Å². The van der Waals surface area contributed by atoms with E-state index in [9.17, 15) is 0 Å². The predicted molar refractivity (Wildman–Crippen MR) is 52.3 cm³/mol. The molecule has 0 saturated carbocycles. The Hall–Kier alpha value is 0.247. The van der Waals surface area contributed by atoms with Crippen LogP contribution in [0.25, 0.3) is 0 Å². The SMILES string of the molecule is CCCC=C(CCC)[SiH2]Cl. The molecule has 0 aromatic carbocycles. The van der Waals surface area contributed by atoms with E-state index < -0.39 is 0 Å². The van der Waals surface area contributed by atoms with Gasteiger partial charge >= 0.3 is 0 Å². The second kappa shape index (κ2) is 7.36. The van der Waals surface area contributed by atoms with Gasteiger partial charge < -0.3 is 0 Å². The molecular formula is C8H17ClSi. The maximum Gasteiger partial charge on any atom is 0.151 e. The minimum atomic E-state index is -0.370. The van der Waals surface area contributed by atoms with Crippen LogP contribution in [-0.4, -0.2) is 8.83 Å². The monoisotopic (exact) mass is 176 g/mol. The zero-order valence-corrected chi connectivity index (χ0v) is 9.16. The summed E-state index contributed by atoms with van der Waals surface area (Å²) in [5.74, 6) is 0. The normalized spacial score (nSPS) is 13.3. The molecule has 0 amide bonds. The average molecular weight is 177 g/mol. The summed E-state index contributed by atoms with van der Waals surface area (Å²) in [6, 6.07) is 0. The van der Waals surface area contributed by atoms with Gasteiger partial charge in [-0.3, -0.25) is 0 Å². The van der Waals surface area contributed by atoms with Crippen molar-refractivity contribution in [3.8, 4) is 0 Å². The molecule has 0 aromatic heterocycles. The van der Waals surface area contributed by atoms with Crippen molar-refractivity contribution in [3.05, 3.63) is 11.3 Å². The van der Waals surface area contributed by atoms with Crippen molar-refractivity contribution in [2.45, 2.75) is 39.5 Å². The average Bonchev–Trinajstić information content (AvgIpc) is 1.98. The van der Waals surface area contributed by atoms with Crippen molar-refractivity contribution < 1.29 is 0 Å². The molecule has 0 N–H and O–H groups in total. The largest absolute Gasteiger partial charge is 0.170 e. The molecule has 0 heterocycles. The Morgan fingerprint density at radius 1 is 1.40 bits per heavy atom. The number of unbranched alkanes of at least 4 members (excludes halogenated alkanes) is 1. The fraction of sp³-hybridized carbons (Fsp3) is 0.750. The van der Waals surface area contributed by atoms with Crippen LogP contribution in [0.3, 0.4) is 0 Å². The summed E-state index contributed by atoms with van der Waals surface area (Å²) in [7, 11) is -0.370. The first-order valence-electron chi connectivity index (χ1n) is 4.09. The lowest BCUT2D eigenvalue weighted by molar-refractivity contribution is 0.909. The molecule has 0 aromatic rings. The van der Waals surface area contributed by atoms with E-state index in [1.54, 1.807) is 5.20 Å². The molecule has 10 heavy (non-hydrogen) atoms. The Balaban J connectivity index is 3.55. The lowest BCUT2D eigenvalue weighted by Crippen LogP contribution is -1.87. The van der Waals surface area contributed by atoms with Gasteiger partial charge in [-0.1, -0.05) is 38.0 Å². The van der Waals surface area contributed by atoms with E-state index in [0.29, 0.717) is 0 Å². The fourth-order valence-electron chi connectivity index (χ4n) is 0.893. The number of allylic oxidation sites excluding steroid dienone is 2. The van der Waals surface area contributed by atoms with E-state index in [1.807, 2.05) is 0 Å². The molecule has 0 nitrogen and oxygen atoms in total. The smallest absolute Gasteiger partial charge is 0.151 e. The maximum absolute atomic E-state index is 5.85. The van der Waals surface area contributed by atoms with E-state index in [0.717, 1.165) is 0 Å². The quantitative estimate of drug-likeness (QED) is 0.447. The van der Waals surface area contributed by atoms with Gasteiger partial charge in [0, 0.05) is 0 Å². The second-order valence-corrected chi connectivity index (χ2v) is 4.51. The van der Waals surface area contributed by atoms with Crippen LogP contribution in [0.4, 0.5) is 0 Å². The highest BCUT2D eigenvalue weighted by Gasteiger charge is 1.92. The molecule has 0 bridgehead atoms. The molecule has 0 unspecified atom stereocenters. The fourth-order valence-corrected chi connectivity index (χ4v) is 2.42. The molecule has 0 rings (SSSR count). The van der Waals surface area contributed by atoms with Gasteiger partial charge in [0.25, 0.3) is 0 Å². The van der Waals surface area contributed by atoms with Crippen LogP contribution in [0.1, 0.15) is 39.5 Å². The van der Waals surface area contributed by atoms with Crippen molar-refractivity contribution in [2.75, 3.05) is 0 Å². The first-order valence-corrected chi connectivity index (χ1v) is 6.93. The molecule has 60 valence electrons. The summed E-state index contributed by atoms with van der Waals surface area (Å²) in [5, 5.41) is 1.55. The first kappa shape index (κ1) is 10.2. The third-order valence-electron chi connectivity index (χ3n) is 1.46. The van der Waals surface area contributed by atoms with Crippen molar-refractivity contribution in [3.63, 3.8) is 0 Å². The van der Waals surface area contributed by atoms with Gasteiger partial charge in [-0.2, -0.15) is 11.1 Å². The zero-order chi connectivity index (χ0) is 7.82. The number of hydrogen-bond acceptors (Lipinski definition) is 0. The summed E-state index contributed by atoms with van der Waals surface area (Å²) in [4.78, 5) is 0. The van der Waals surface area contributed by atoms with Gasteiger partial charge in [-0.05, 0) is 12.8 Å². The summed E-state index contributed by atoms with van der Waals surface area (Å²) >= 11 is 5.85. The molecule has 0 aliphatic carbocycles. The van der Waals surface area contributed by atoms with Crippen molar-refractivity contribution in [1.82, 2.24) is 0 Å². The van der Waals surface area contributed by atoms with Gasteiger partial charge in [0.05, 0.1) is 0 Å². The Morgan fingerprint density at radius 2 is 2.10 bits per heavy atom. The Labute approximate surface area is 71.2 Å². The van der Waals surface area contributed by atoms with Crippen LogP contribution in [0.15, 0.2) is 11.3 Å². The van der Waals surface area contributed by atoms with Crippen LogP contribution < -0.4 is 0 Å². The molecule has 0 spiro atoms. The van der Waals surface area contributed by atoms with Crippen molar-refractivity contribution in [2.24, 2.45) is 0 Å². The lowest BCUT2D eigenvalue weighted by Gasteiger charge is -1.98. The highest BCUT2D eigenvalue weighted by atomic mass is 35.6. The summed E-state index contributed by atoms with van der Waals surface area (Å²) < 4.78 is 0. The Morgan fingerprint density at radius 3 is 2.50 bits per heavy atom. The molecule has 0 atom stereocenters. The number of hydrogen-bond donors (Lipinski definition) is 0. The van der Waals surface area contributed by atoms with Gasteiger partial charge in [0.15, 0.2) is 8.83 Å². The van der Waals surface area contributed by atoms with E-state index in [-0.39, 0.29) is 8.83 Å². The molecular weight excluding hydrogens is 160 g/mol. The summed E-state index contributed by atoms with van der Waals surface area (Å²) in [6.07, 6.45) is 7.28. The third-order valence-corrected chi connectivity index (χ3v) is 3.48. The Bertz CT molecular complexity index is 99.4.